The lowest BCUT2D eigenvalue weighted by atomic mass is 10.2. The minimum Gasteiger partial charge on any atom is -0.343 e. The van der Waals surface area contributed by atoms with Crippen molar-refractivity contribution >= 4 is 17.2 Å². The Kier molecular flexibility index (Phi) is 6.33. The third kappa shape index (κ3) is 4.41. The Hall–Kier alpha value is -0.900. The van der Waals surface area contributed by atoms with Crippen molar-refractivity contribution in [3.63, 3.8) is 0 Å². The molecular formula is C14H24N2OS. The van der Waals surface area contributed by atoms with Gasteiger partial charge in [-0.2, -0.15) is 0 Å². The summed E-state index contributed by atoms with van der Waals surface area (Å²) >= 11 is 1.65. The minimum atomic E-state index is 0.201. The van der Waals surface area contributed by atoms with Crippen LogP contribution in [0.2, 0.25) is 0 Å². The summed E-state index contributed by atoms with van der Waals surface area (Å²) in [4.78, 5) is 18.6. The van der Waals surface area contributed by atoms with E-state index >= 15 is 0 Å². The summed E-state index contributed by atoms with van der Waals surface area (Å²) in [5.41, 5.74) is 0.920. The number of carbonyl (C=O) groups excluding carboxylic acids is 1. The summed E-state index contributed by atoms with van der Waals surface area (Å²) in [6, 6.07) is 0. The first kappa shape index (κ1) is 15.2. The van der Waals surface area contributed by atoms with E-state index in [1.807, 2.05) is 17.2 Å². The third-order valence-electron chi connectivity index (χ3n) is 2.91. The molecule has 0 saturated carbocycles. The zero-order valence-electron chi connectivity index (χ0n) is 11.9. The van der Waals surface area contributed by atoms with Crippen molar-refractivity contribution in [1.29, 1.82) is 0 Å². The molecule has 0 aliphatic rings. The van der Waals surface area contributed by atoms with Gasteiger partial charge in [0.15, 0.2) is 0 Å². The van der Waals surface area contributed by atoms with Crippen LogP contribution in [-0.2, 0) is 11.2 Å². The fourth-order valence-electron chi connectivity index (χ4n) is 1.74. The van der Waals surface area contributed by atoms with Gasteiger partial charge in [-0.1, -0.05) is 27.2 Å². The minimum absolute atomic E-state index is 0.201. The normalized spacial score (nSPS) is 10.9. The number of amides is 1. The first-order chi connectivity index (χ1) is 8.58. The average molecular weight is 268 g/mol. The third-order valence-corrected chi connectivity index (χ3v) is 4.11. The van der Waals surface area contributed by atoms with E-state index in [-0.39, 0.29) is 5.91 Å². The van der Waals surface area contributed by atoms with Crippen LogP contribution in [0.5, 0.6) is 0 Å². The molecule has 0 unspecified atom stereocenters. The van der Waals surface area contributed by atoms with Crippen molar-refractivity contribution in [2.24, 2.45) is 0 Å². The van der Waals surface area contributed by atoms with Gasteiger partial charge in [0.2, 0.25) is 5.91 Å². The topological polar surface area (TPSA) is 33.2 Å². The first-order valence-corrected chi connectivity index (χ1v) is 7.68. The molecule has 102 valence electrons. The highest BCUT2D eigenvalue weighted by Gasteiger charge is 2.14. The molecule has 0 radical (unpaired) electrons. The number of aromatic nitrogens is 1. The zero-order chi connectivity index (χ0) is 13.5. The maximum absolute atomic E-state index is 12.1. The van der Waals surface area contributed by atoms with Gasteiger partial charge in [-0.25, -0.2) is 4.98 Å². The molecule has 0 aliphatic heterocycles. The van der Waals surface area contributed by atoms with Crippen LogP contribution in [0.3, 0.4) is 0 Å². The Bertz CT molecular complexity index is 374. The second kappa shape index (κ2) is 7.52. The smallest absolute Gasteiger partial charge is 0.228 e. The van der Waals surface area contributed by atoms with Gasteiger partial charge in [0.05, 0.1) is 17.1 Å². The van der Waals surface area contributed by atoms with Crippen molar-refractivity contribution in [3.8, 4) is 0 Å². The molecule has 0 aliphatic carbocycles. The SMILES string of the molecule is CCCCN(CC)C(=O)Cc1csc(C(C)C)n1. The summed E-state index contributed by atoms with van der Waals surface area (Å²) in [5.74, 6) is 0.646. The van der Waals surface area contributed by atoms with Gasteiger partial charge in [0.1, 0.15) is 0 Å². The van der Waals surface area contributed by atoms with Gasteiger partial charge in [-0.15, -0.1) is 11.3 Å². The van der Waals surface area contributed by atoms with E-state index in [0.29, 0.717) is 12.3 Å². The van der Waals surface area contributed by atoms with Crippen molar-refractivity contribution in [2.45, 2.75) is 52.9 Å². The number of unbranched alkanes of at least 4 members (excludes halogenated alkanes) is 1. The predicted octanol–water partition coefficient (Wildman–Crippen LogP) is 3.46. The van der Waals surface area contributed by atoms with Crippen molar-refractivity contribution in [2.75, 3.05) is 13.1 Å². The lowest BCUT2D eigenvalue weighted by molar-refractivity contribution is -0.130. The van der Waals surface area contributed by atoms with Crippen LogP contribution in [0.25, 0.3) is 0 Å². The Morgan fingerprint density at radius 3 is 2.67 bits per heavy atom. The van der Waals surface area contributed by atoms with Gasteiger partial charge >= 0.3 is 0 Å². The van der Waals surface area contributed by atoms with Crippen molar-refractivity contribution in [3.05, 3.63) is 16.1 Å². The van der Waals surface area contributed by atoms with Crippen LogP contribution in [0.15, 0.2) is 5.38 Å². The number of thiazole rings is 1. The number of likely N-dealkylation sites (N-methyl/N-ethyl adjacent to an activating group) is 1. The highest BCUT2D eigenvalue weighted by atomic mass is 32.1. The second-order valence-corrected chi connectivity index (χ2v) is 5.73. The fraction of sp³-hybridized carbons (Fsp3) is 0.714. The van der Waals surface area contributed by atoms with Gasteiger partial charge in [0, 0.05) is 24.4 Å². The number of nitrogens with zero attached hydrogens (tertiary/aromatic N) is 2. The first-order valence-electron chi connectivity index (χ1n) is 6.80. The lowest BCUT2D eigenvalue weighted by Crippen LogP contribution is -2.33. The second-order valence-electron chi connectivity index (χ2n) is 4.84. The summed E-state index contributed by atoms with van der Waals surface area (Å²) in [7, 11) is 0. The highest BCUT2D eigenvalue weighted by Crippen LogP contribution is 2.19. The summed E-state index contributed by atoms with van der Waals surface area (Å²) < 4.78 is 0. The molecular weight excluding hydrogens is 244 g/mol. The summed E-state index contributed by atoms with van der Waals surface area (Å²) in [5, 5.41) is 3.13. The molecule has 0 saturated heterocycles. The summed E-state index contributed by atoms with van der Waals surface area (Å²) in [6.45, 7) is 10.1. The van der Waals surface area contributed by atoms with E-state index in [1.54, 1.807) is 11.3 Å². The maximum Gasteiger partial charge on any atom is 0.228 e. The van der Waals surface area contributed by atoms with E-state index in [4.69, 9.17) is 0 Å². The Morgan fingerprint density at radius 1 is 1.44 bits per heavy atom. The van der Waals surface area contributed by atoms with E-state index in [9.17, 15) is 4.79 Å². The molecule has 1 aromatic rings. The quantitative estimate of drug-likeness (QED) is 0.759. The maximum atomic E-state index is 12.1. The molecule has 0 fully saturated rings. The van der Waals surface area contributed by atoms with Gasteiger partial charge in [-0.05, 0) is 13.3 Å². The van der Waals surface area contributed by atoms with Gasteiger partial charge < -0.3 is 4.90 Å². The molecule has 1 rings (SSSR count). The molecule has 0 N–H and O–H groups in total. The lowest BCUT2D eigenvalue weighted by Gasteiger charge is -2.20. The van der Waals surface area contributed by atoms with E-state index in [2.05, 4.69) is 25.8 Å². The van der Waals surface area contributed by atoms with Crippen LogP contribution in [0, 0.1) is 0 Å². The Balaban J connectivity index is 2.56. The van der Waals surface area contributed by atoms with Crippen LogP contribution >= 0.6 is 11.3 Å². The van der Waals surface area contributed by atoms with E-state index < -0.39 is 0 Å². The monoisotopic (exact) mass is 268 g/mol. The fourth-order valence-corrected chi connectivity index (χ4v) is 2.58. The molecule has 0 aromatic carbocycles. The number of rotatable bonds is 7. The molecule has 18 heavy (non-hydrogen) atoms. The largest absolute Gasteiger partial charge is 0.343 e. The molecule has 3 nitrogen and oxygen atoms in total. The van der Waals surface area contributed by atoms with Crippen LogP contribution < -0.4 is 0 Å². The Morgan fingerprint density at radius 2 is 2.17 bits per heavy atom. The van der Waals surface area contributed by atoms with Crippen LogP contribution in [0.1, 0.15) is 57.2 Å². The Labute approximate surface area is 114 Å². The average Bonchev–Trinajstić information content (AvgIpc) is 2.78. The molecule has 1 aromatic heterocycles. The van der Waals surface area contributed by atoms with Crippen molar-refractivity contribution in [1.82, 2.24) is 9.88 Å². The number of carbonyl (C=O) groups is 1. The zero-order valence-corrected chi connectivity index (χ0v) is 12.7. The number of hydrogen-bond acceptors (Lipinski definition) is 3. The number of hydrogen-bond donors (Lipinski definition) is 0. The summed E-state index contributed by atoms with van der Waals surface area (Å²) in [6.07, 6.45) is 2.65. The van der Waals surface area contributed by atoms with Gasteiger partial charge in [-0.3, -0.25) is 4.79 Å². The molecule has 0 atom stereocenters. The molecule has 1 amide bonds. The standard InChI is InChI=1S/C14H24N2OS/c1-5-7-8-16(6-2)13(17)9-12-10-18-14(15-12)11(3)4/h10-11H,5-9H2,1-4H3. The molecule has 0 spiro atoms. The van der Waals surface area contributed by atoms with E-state index in [1.165, 1.54) is 0 Å². The molecule has 1 heterocycles. The predicted molar refractivity (Wildman–Crippen MR) is 77.1 cm³/mol. The molecule has 0 bridgehead atoms. The molecule has 4 heteroatoms. The van der Waals surface area contributed by atoms with Crippen LogP contribution in [0.4, 0.5) is 0 Å². The van der Waals surface area contributed by atoms with Crippen molar-refractivity contribution < 1.29 is 4.79 Å². The van der Waals surface area contributed by atoms with E-state index in [0.717, 1.165) is 36.6 Å². The van der Waals surface area contributed by atoms with Gasteiger partial charge in [0.25, 0.3) is 0 Å². The highest BCUT2D eigenvalue weighted by molar-refractivity contribution is 7.09. The van der Waals surface area contributed by atoms with Crippen LogP contribution in [-0.4, -0.2) is 28.9 Å².